The Hall–Kier alpha value is -4.08. The highest BCUT2D eigenvalue weighted by molar-refractivity contribution is 5.91. The molecule has 0 fully saturated rings. The second-order valence-electron chi connectivity index (χ2n) is 7.16. The third-order valence-corrected chi connectivity index (χ3v) is 4.66. The van der Waals surface area contributed by atoms with Crippen LogP contribution in [0.25, 0.3) is 0 Å². The number of ether oxygens (including phenoxy) is 2. The average molecular weight is 490 g/mol. The van der Waals surface area contributed by atoms with Crippen LogP contribution in [0, 0.1) is 29.1 Å². The highest BCUT2D eigenvalue weighted by atomic mass is 19.2. The summed E-state index contributed by atoms with van der Waals surface area (Å²) in [7, 11) is 0. The van der Waals surface area contributed by atoms with Crippen LogP contribution >= 0.6 is 0 Å². The molecule has 5 nitrogen and oxygen atoms in total. The van der Waals surface area contributed by atoms with Gasteiger partial charge in [-0.1, -0.05) is 6.08 Å². The van der Waals surface area contributed by atoms with E-state index in [1.54, 1.807) is 24.3 Å². The van der Waals surface area contributed by atoms with Crippen LogP contribution in [-0.4, -0.2) is 12.6 Å². The number of benzene rings is 3. The SMILES string of the molecule is C=CCCCCOc1ccc(N=Nc2ccc(C(=O)Oc3c(F)c(F)c(F)c(F)c3F)cc2)cc1. The van der Waals surface area contributed by atoms with Crippen LogP contribution in [0.3, 0.4) is 0 Å². The zero-order valence-electron chi connectivity index (χ0n) is 18.2. The summed E-state index contributed by atoms with van der Waals surface area (Å²) in [5.41, 5.74) is 0.668. The number of azo groups is 1. The first-order valence-electron chi connectivity index (χ1n) is 10.4. The maximum absolute atomic E-state index is 13.7. The van der Waals surface area contributed by atoms with Gasteiger partial charge in [-0.05, 0) is 67.8 Å². The third kappa shape index (κ3) is 6.50. The summed E-state index contributed by atoms with van der Waals surface area (Å²) in [6, 6.07) is 12.0. The van der Waals surface area contributed by atoms with Crippen molar-refractivity contribution in [1.29, 1.82) is 0 Å². The van der Waals surface area contributed by atoms with E-state index in [1.807, 2.05) is 6.08 Å². The van der Waals surface area contributed by atoms with Crippen molar-refractivity contribution in [3.8, 4) is 11.5 Å². The van der Waals surface area contributed by atoms with Crippen LogP contribution in [-0.2, 0) is 0 Å². The van der Waals surface area contributed by atoms with Gasteiger partial charge < -0.3 is 9.47 Å². The molecular formula is C25H19F5N2O3. The second-order valence-corrected chi connectivity index (χ2v) is 7.16. The lowest BCUT2D eigenvalue weighted by Gasteiger charge is -2.08. The molecule has 0 unspecified atom stereocenters. The van der Waals surface area contributed by atoms with Crippen LogP contribution in [0.2, 0.25) is 0 Å². The summed E-state index contributed by atoms with van der Waals surface area (Å²) in [6.07, 6.45) is 4.72. The molecule has 0 atom stereocenters. The fourth-order valence-corrected chi connectivity index (χ4v) is 2.80. The van der Waals surface area contributed by atoms with Gasteiger partial charge in [0.15, 0.2) is 0 Å². The molecule has 0 spiro atoms. The van der Waals surface area contributed by atoms with Crippen LogP contribution < -0.4 is 9.47 Å². The van der Waals surface area contributed by atoms with E-state index in [2.05, 4.69) is 21.5 Å². The predicted molar refractivity (Wildman–Crippen MR) is 118 cm³/mol. The largest absolute Gasteiger partial charge is 0.494 e. The summed E-state index contributed by atoms with van der Waals surface area (Å²) in [5.74, 6) is -13.6. The monoisotopic (exact) mass is 490 g/mol. The van der Waals surface area contributed by atoms with E-state index in [0.29, 0.717) is 23.7 Å². The Kier molecular flexibility index (Phi) is 8.66. The summed E-state index contributed by atoms with van der Waals surface area (Å²) >= 11 is 0. The molecule has 35 heavy (non-hydrogen) atoms. The van der Waals surface area contributed by atoms with Gasteiger partial charge in [-0.15, -0.1) is 6.58 Å². The summed E-state index contributed by atoms with van der Waals surface area (Å²) in [4.78, 5) is 12.1. The van der Waals surface area contributed by atoms with Gasteiger partial charge in [0.1, 0.15) is 5.75 Å². The number of carbonyl (C=O) groups is 1. The van der Waals surface area contributed by atoms with Crippen molar-refractivity contribution < 1.29 is 36.2 Å². The normalized spacial score (nSPS) is 11.0. The van der Waals surface area contributed by atoms with E-state index in [0.717, 1.165) is 19.3 Å². The molecule has 0 radical (unpaired) electrons. The first-order chi connectivity index (χ1) is 16.8. The number of carbonyl (C=O) groups excluding carboxylic acids is 1. The van der Waals surface area contributed by atoms with Crippen molar-refractivity contribution in [3.05, 3.63) is 95.8 Å². The molecule has 0 N–H and O–H groups in total. The van der Waals surface area contributed by atoms with Gasteiger partial charge in [0.25, 0.3) is 0 Å². The summed E-state index contributed by atoms with van der Waals surface area (Å²) < 4.78 is 77.1. The van der Waals surface area contributed by atoms with E-state index < -0.39 is 40.8 Å². The fraction of sp³-hybridized carbons (Fsp3) is 0.160. The quantitative estimate of drug-likeness (QED) is 0.0427. The second kappa shape index (κ2) is 11.9. The van der Waals surface area contributed by atoms with Crippen LogP contribution in [0.4, 0.5) is 33.3 Å². The topological polar surface area (TPSA) is 60.2 Å². The van der Waals surface area contributed by atoms with Crippen molar-refractivity contribution in [1.82, 2.24) is 0 Å². The molecule has 0 bridgehead atoms. The number of unbranched alkanes of at least 4 members (excludes halogenated alkanes) is 2. The number of hydrogen-bond acceptors (Lipinski definition) is 5. The molecule has 0 aliphatic rings. The molecular weight excluding hydrogens is 471 g/mol. The van der Waals surface area contributed by atoms with Gasteiger partial charge in [-0.25, -0.2) is 18.0 Å². The zero-order valence-corrected chi connectivity index (χ0v) is 18.2. The predicted octanol–water partition coefficient (Wildman–Crippen LogP) is 7.75. The molecule has 10 heteroatoms. The molecule has 0 aliphatic carbocycles. The molecule has 0 saturated heterocycles. The minimum absolute atomic E-state index is 0.206. The van der Waals surface area contributed by atoms with Crippen molar-refractivity contribution in [2.24, 2.45) is 10.2 Å². The van der Waals surface area contributed by atoms with Gasteiger partial charge in [-0.2, -0.15) is 19.0 Å². The number of hydrogen-bond donors (Lipinski definition) is 0. The lowest BCUT2D eigenvalue weighted by Crippen LogP contribution is -2.13. The third-order valence-electron chi connectivity index (χ3n) is 4.66. The average Bonchev–Trinajstić information content (AvgIpc) is 2.88. The van der Waals surface area contributed by atoms with Crippen molar-refractivity contribution >= 4 is 17.3 Å². The molecule has 0 saturated carbocycles. The highest BCUT2D eigenvalue weighted by Crippen LogP contribution is 2.30. The lowest BCUT2D eigenvalue weighted by molar-refractivity contribution is 0.0716. The van der Waals surface area contributed by atoms with Crippen LogP contribution in [0.15, 0.2) is 71.4 Å². The number of nitrogens with zero attached hydrogens (tertiary/aromatic N) is 2. The maximum Gasteiger partial charge on any atom is 0.343 e. The Balaban J connectivity index is 1.60. The Morgan fingerprint density at radius 1 is 0.771 bits per heavy atom. The van der Waals surface area contributed by atoms with Crippen molar-refractivity contribution in [3.63, 3.8) is 0 Å². The molecule has 0 aliphatic heterocycles. The van der Waals surface area contributed by atoms with Gasteiger partial charge >= 0.3 is 5.97 Å². The fourth-order valence-electron chi connectivity index (χ4n) is 2.80. The van der Waals surface area contributed by atoms with E-state index >= 15 is 0 Å². The molecule has 3 aromatic rings. The van der Waals surface area contributed by atoms with E-state index in [-0.39, 0.29) is 5.56 Å². The molecule has 0 amide bonds. The van der Waals surface area contributed by atoms with Gasteiger partial charge in [-0.3, -0.25) is 0 Å². The molecule has 182 valence electrons. The van der Waals surface area contributed by atoms with Crippen LogP contribution in [0.1, 0.15) is 29.6 Å². The molecule has 0 heterocycles. The standard InChI is InChI=1S/C25H19F5N2O3/c1-2-3-4-5-14-34-18-12-10-17(11-13-18)32-31-16-8-6-15(7-9-16)25(33)35-24-22(29)20(27)19(26)21(28)23(24)30/h2,6-13H,1,3-5,14H2. The number of allylic oxidation sites excluding steroid dienone is 1. The van der Waals surface area contributed by atoms with Crippen molar-refractivity contribution in [2.45, 2.75) is 19.3 Å². The van der Waals surface area contributed by atoms with Gasteiger partial charge in [0, 0.05) is 0 Å². The van der Waals surface area contributed by atoms with E-state index in [1.165, 1.54) is 24.3 Å². The van der Waals surface area contributed by atoms with Gasteiger partial charge in [0.05, 0.1) is 23.5 Å². The number of rotatable bonds is 10. The Bertz CT molecular complexity index is 1200. The van der Waals surface area contributed by atoms with Crippen molar-refractivity contribution in [2.75, 3.05) is 6.61 Å². The minimum Gasteiger partial charge on any atom is -0.494 e. The highest BCUT2D eigenvalue weighted by Gasteiger charge is 2.28. The molecule has 3 aromatic carbocycles. The Labute approximate surface area is 197 Å². The first kappa shape index (κ1) is 25.5. The Morgan fingerprint density at radius 2 is 1.29 bits per heavy atom. The van der Waals surface area contributed by atoms with Crippen LogP contribution in [0.5, 0.6) is 11.5 Å². The minimum atomic E-state index is -2.35. The summed E-state index contributed by atoms with van der Waals surface area (Å²) in [5, 5.41) is 8.07. The number of esters is 1. The first-order valence-corrected chi connectivity index (χ1v) is 10.4. The zero-order chi connectivity index (χ0) is 25.4. The molecule has 3 rings (SSSR count). The smallest absolute Gasteiger partial charge is 0.343 e. The lowest BCUT2D eigenvalue weighted by atomic mass is 10.2. The van der Waals surface area contributed by atoms with Gasteiger partial charge in [0.2, 0.25) is 34.8 Å². The Morgan fingerprint density at radius 3 is 1.83 bits per heavy atom. The van der Waals surface area contributed by atoms with E-state index in [9.17, 15) is 26.7 Å². The van der Waals surface area contributed by atoms with E-state index in [4.69, 9.17) is 4.74 Å². The summed E-state index contributed by atoms with van der Waals surface area (Å²) in [6.45, 7) is 4.26. The molecule has 0 aromatic heterocycles. The maximum atomic E-state index is 13.7. The number of halogens is 5.